The highest BCUT2D eigenvalue weighted by atomic mass is 32.2. The van der Waals surface area contributed by atoms with Crippen LogP contribution >= 0.6 is 0 Å². The molecule has 2 N–H and O–H groups in total. The van der Waals surface area contributed by atoms with Crippen LogP contribution in [0.3, 0.4) is 0 Å². The summed E-state index contributed by atoms with van der Waals surface area (Å²) < 4.78 is 27.2. The van der Waals surface area contributed by atoms with Crippen LogP contribution in [0, 0.1) is 13.8 Å². The summed E-state index contributed by atoms with van der Waals surface area (Å²) in [6.45, 7) is 6.22. The number of para-hydroxylation sites is 1. The van der Waals surface area contributed by atoms with E-state index in [-0.39, 0.29) is 10.8 Å². The Kier molecular flexibility index (Phi) is 6.33. The van der Waals surface area contributed by atoms with Gasteiger partial charge in [0.05, 0.1) is 4.90 Å². The third-order valence-corrected chi connectivity index (χ3v) is 5.41. The van der Waals surface area contributed by atoms with Gasteiger partial charge in [-0.15, -0.1) is 0 Å². The lowest BCUT2D eigenvalue weighted by Gasteiger charge is -2.12. The average Bonchev–Trinajstić information content (AvgIpc) is 2.58. The number of sulfonamides is 1. The van der Waals surface area contributed by atoms with Crippen molar-refractivity contribution in [3.8, 4) is 0 Å². The first-order chi connectivity index (χ1) is 11.8. The third-order valence-electron chi connectivity index (χ3n) is 3.95. The van der Waals surface area contributed by atoms with Gasteiger partial charge in [-0.2, -0.15) is 0 Å². The van der Waals surface area contributed by atoms with Crippen molar-refractivity contribution in [2.45, 2.75) is 38.5 Å². The van der Waals surface area contributed by atoms with Crippen molar-refractivity contribution in [2.24, 2.45) is 0 Å². The summed E-state index contributed by atoms with van der Waals surface area (Å²) in [6, 6.07) is 11.8. The van der Waals surface area contributed by atoms with Crippen LogP contribution in [0.1, 0.15) is 41.3 Å². The van der Waals surface area contributed by atoms with Gasteiger partial charge in [0.25, 0.3) is 5.91 Å². The zero-order valence-electron chi connectivity index (χ0n) is 14.8. The average molecular weight is 360 g/mol. The van der Waals surface area contributed by atoms with Gasteiger partial charge in [-0.1, -0.05) is 37.6 Å². The van der Waals surface area contributed by atoms with E-state index in [1.54, 1.807) is 12.1 Å². The predicted octanol–water partition coefficient (Wildman–Crippen LogP) is 3.63. The van der Waals surface area contributed by atoms with Crippen LogP contribution in [0.4, 0.5) is 5.69 Å². The fourth-order valence-corrected chi connectivity index (χ4v) is 3.59. The van der Waals surface area contributed by atoms with Crippen LogP contribution in [0.15, 0.2) is 47.4 Å². The minimum absolute atomic E-state index is 0.0951. The van der Waals surface area contributed by atoms with Crippen molar-refractivity contribution in [2.75, 3.05) is 11.9 Å². The number of nitrogens with one attached hydrogen (secondary N) is 2. The van der Waals surface area contributed by atoms with Crippen LogP contribution in [-0.2, 0) is 10.0 Å². The quantitative estimate of drug-likeness (QED) is 0.740. The Bertz CT molecular complexity index is 840. The highest BCUT2D eigenvalue weighted by Crippen LogP contribution is 2.21. The monoisotopic (exact) mass is 360 g/mol. The molecule has 0 radical (unpaired) electrons. The van der Waals surface area contributed by atoms with E-state index in [4.69, 9.17) is 0 Å². The lowest BCUT2D eigenvalue weighted by atomic mass is 10.1. The van der Waals surface area contributed by atoms with Crippen LogP contribution < -0.4 is 10.0 Å². The molecule has 5 nitrogen and oxygen atoms in total. The molecule has 0 heterocycles. The highest BCUT2D eigenvalue weighted by Gasteiger charge is 2.16. The molecule has 2 aromatic carbocycles. The first kappa shape index (κ1) is 19.1. The van der Waals surface area contributed by atoms with Crippen LogP contribution in [0.5, 0.6) is 0 Å². The molecule has 2 rings (SSSR count). The highest BCUT2D eigenvalue weighted by molar-refractivity contribution is 7.89. The minimum atomic E-state index is -3.61. The Balaban J connectivity index is 2.22. The van der Waals surface area contributed by atoms with E-state index in [9.17, 15) is 13.2 Å². The van der Waals surface area contributed by atoms with E-state index in [1.807, 2.05) is 39.0 Å². The molecule has 0 aromatic heterocycles. The molecule has 0 saturated heterocycles. The normalized spacial score (nSPS) is 11.3. The molecule has 134 valence electrons. The lowest BCUT2D eigenvalue weighted by molar-refractivity contribution is 0.102. The second-order valence-corrected chi connectivity index (χ2v) is 7.77. The molecule has 1 amide bonds. The molecule has 0 aliphatic carbocycles. The number of benzene rings is 2. The Labute approximate surface area is 149 Å². The van der Waals surface area contributed by atoms with Gasteiger partial charge in [0.15, 0.2) is 0 Å². The summed E-state index contributed by atoms with van der Waals surface area (Å²) in [4.78, 5) is 12.6. The SMILES string of the molecule is CCCCNS(=O)(=O)c1cccc(C(=O)Nc2c(C)cccc2C)c1. The predicted molar refractivity (Wildman–Crippen MR) is 100 cm³/mol. The number of hydrogen-bond acceptors (Lipinski definition) is 3. The van der Waals surface area contributed by atoms with E-state index in [2.05, 4.69) is 10.0 Å². The first-order valence-corrected chi connectivity index (χ1v) is 9.80. The van der Waals surface area contributed by atoms with Gasteiger partial charge in [0, 0.05) is 17.8 Å². The van der Waals surface area contributed by atoms with Crippen molar-refractivity contribution in [1.82, 2.24) is 4.72 Å². The molecular weight excluding hydrogens is 336 g/mol. The molecule has 0 unspecified atom stereocenters. The van der Waals surface area contributed by atoms with Crippen LogP contribution in [0.2, 0.25) is 0 Å². The number of carbonyl (C=O) groups excluding carboxylic acids is 1. The summed E-state index contributed by atoms with van der Waals surface area (Å²) in [6.07, 6.45) is 1.67. The molecule has 0 aliphatic rings. The Morgan fingerprint density at radius 1 is 1.04 bits per heavy atom. The summed E-state index contributed by atoms with van der Waals surface area (Å²) in [5.74, 6) is -0.331. The smallest absolute Gasteiger partial charge is 0.255 e. The van der Waals surface area contributed by atoms with Crippen molar-refractivity contribution in [1.29, 1.82) is 0 Å². The molecule has 0 atom stereocenters. The molecule has 0 bridgehead atoms. The number of amides is 1. The van der Waals surface area contributed by atoms with Gasteiger partial charge < -0.3 is 5.32 Å². The molecule has 6 heteroatoms. The van der Waals surface area contributed by atoms with Crippen molar-refractivity contribution < 1.29 is 13.2 Å². The Hall–Kier alpha value is -2.18. The Morgan fingerprint density at radius 3 is 2.32 bits per heavy atom. The summed E-state index contributed by atoms with van der Waals surface area (Å²) in [5.41, 5.74) is 2.97. The molecule has 0 fully saturated rings. The van der Waals surface area contributed by atoms with Crippen LogP contribution in [-0.4, -0.2) is 20.9 Å². The second-order valence-electron chi connectivity index (χ2n) is 6.00. The van der Waals surface area contributed by atoms with E-state index in [0.717, 1.165) is 29.7 Å². The zero-order chi connectivity index (χ0) is 18.4. The van der Waals surface area contributed by atoms with Gasteiger partial charge in [-0.3, -0.25) is 4.79 Å². The zero-order valence-corrected chi connectivity index (χ0v) is 15.6. The van der Waals surface area contributed by atoms with Crippen LogP contribution in [0.25, 0.3) is 0 Å². The van der Waals surface area contributed by atoms with Gasteiger partial charge in [0.1, 0.15) is 0 Å². The first-order valence-electron chi connectivity index (χ1n) is 8.32. The van der Waals surface area contributed by atoms with Gasteiger partial charge in [0.2, 0.25) is 10.0 Å². The summed E-state index contributed by atoms with van der Waals surface area (Å²) in [7, 11) is -3.61. The number of unbranched alkanes of at least 4 members (excludes halogenated alkanes) is 1. The van der Waals surface area contributed by atoms with Gasteiger partial charge in [-0.05, 0) is 49.6 Å². The molecule has 0 spiro atoms. The number of rotatable bonds is 7. The van der Waals surface area contributed by atoms with E-state index in [1.165, 1.54) is 12.1 Å². The summed E-state index contributed by atoms with van der Waals surface area (Å²) >= 11 is 0. The second kappa shape index (κ2) is 8.27. The number of aryl methyl sites for hydroxylation is 2. The standard InChI is InChI=1S/C19H24N2O3S/c1-4-5-12-20-25(23,24)17-11-7-10-16(13-17)19(22)21-18-14(2)8-6-9-15(18)3/h6-11,13,20H,4-5,12H2,1-3H3,(H,21,22). The lowest BCUT2D eigenvalue weighted by Crippen LogP contribution is -2.25. The number of carbonyl (C=O) groups is 1. The summed E-state index contributed by atoms with van der Waals surface area (Å²) in [5, 5.41) is 2.87. The maximum atomic E-state index is 12.5. The van der Waals surface area contributed by atoms with Gasteiger partial charge in [-0.25, -0.2) is 13.1 Å². The maximum Gasteiger partial charge on any atom is 0.255 e. The topological polar surface area (TPSA) is 75.3 Å². The van der Waals surface area contributed by atoms with Crippen molar-refractivity contribution in [3.05, 3.63) is 59.2 Å². The van der Waals surface area contributed by atoms with Gasteiger partial charge >= 0.3 is 0 Å². The molecule has 0 aliphatic heterocycles. The molecule has 25 heavy (non-hydrogen) atoms. The van der Waals surface area contributed by atoms with Crippen molar-refractivity contribution in [3.63, 3.8) is 0 Å². The number of hydrogen-bond donors (Lipinski definition) is 2. The Morgan fingerprint density at radius 2 is 1.68 bits per heavy atom. The fraction of sp³-hybridized carbons (Fsp3) is 0.316. The molecule has 0 saturated carbocycles. The molecular formula is C19H24N2O3S. The number of anilines is 1. The van der Waals surface area contributed by atoms with Crippen molar-refractivity contribution >= 4 is 21.6 Å². The van der Waals surface area contributed by atoms with E-state index in [0.29, 0.717) is 12.1 Å². The maximum absolute atomic E-state index is 12.5. The third kappa shape index (κ3) is 4.90. The fourth-order valence-electron chi connectivity index (χ4n) is 2.47. The minimum Gasteiger partial charge on any atom is -0.322 e. The van der Waals surface area contributed by atoms with E-state index < -0.39 is 10.0 Å². The van der Waals surface area contributed by atoms with E-state index >= 15 is 0 Å². The largest absolute Gasteiger partial charge is 0.322 e. The molecule has 2 aromatic rings.